The number of hydrogen-bond acceptors (Lipinski definition) is 2. The van der Waals surface area contributed by atoms with Gasteiger partial charge < -0.3 is 10.7 Å². The number of carbonyl (C=O) groups is 1. The molecular formula is C8H7BrN4O. The molecule has 2 amide bonds. The number of H-pyrrole nitrogens is 1. The van der Waals surface area contributed by atoms with Crippen LogP contribution in [-0.2, 0) is 0 Å². The number of urea groups is 1. The van der Waals surface area contributed by atoms with Gasteiger partial charge in [0.1, 0.15) is 5.82 Å². The molecular weight excluding hydrogens is 248 g/mol. The molecule has 72 valence electrons. The molecule has 0 spiro atoms. The van der Waals surface area contributed by atoms with Gasteiger partial charge in [-0.2, -0.15) is 0 Å². The first-order valence-electron chi connectivity index (χ1n) is 3.86. The number of aromatic amines is 1. The molecule has 0 aliphatic carbocycles. The van der Waals surface area contributed by atoms with Crippen LogP contribution in [0.25, 0.3) is 10.9 Å². The first kappa shape index (κ1) is 9.01. The molecule has 0 aromatic carbocycles. The van der Waals surface area contributed by atoms with E-state index in [1.165, 1.54) is 0 Å². The van der Waals surface area contributed by atoms with Crippen LogP contribution in [0, 0.1) is 0 Å². The van der Waals surface area contributed by atoms with Crippen molar-refractivity contribution in [3.05, 3.63) is 22.9 Å². The Morgan fingerprint density at radius 3 is 3.14 bits per heavy atom. The van der Waals surface area contributed by atoms with Gasteiger partial charge in [0.25, 0.3) is 0 Å². The second-order valence-electron chi connectivity index (χ2n) is 2.74. The topological polar surface area (TPSA) is 83.8 Å². The van der Waals surface area contributed by atoms with E-state index >= 15 is 0 Å². The van der Waals surface area contributed by atoms with Crippen molar-refractivity contribution < 1.29 is 4.79 Å². The highest BCUT2D eigenvalue weighted by Gasteiger charge is 2.03. The molecule has 0 radical (unpaired) electrons. The molecule has 0 unspecified atom stereocenters. The lowest BCUT2D eigenvalue weighted by molar-refractivity contribution is 0.259. The largest absolute Gasteiger partial charge is 0.359 e. The fourth-order valence-corrected chi connectivity index (χ4v) is 1.62. The minimum atomic E-state index is -0.622. The first-order chi connectivity index (χ1) is 6.66. The van der Waals surface area contributed by atoms with Crippen LogP contribution in [0.2, 0.25) is 0 Å². The Kier molecular flexibility index (Phi) is 2.12. The number of aromatic nitrogens is 2. The minimum Gasteiger partial charge on any atom is -0.359 e. The number of fused-ring (bicyclic) bond motifs is 1. The fraction of sp³-hybridized carbons (Fsp3) is 0. The molecule has 0 aliphatic rings. The average Bonchev–Trinajstić information content (AvgIpc) is 2.47. The van der Waals surface area contributed by atoms with Crippen molar-refractivity contribution in [3.63, 3.8) is 0 Å². The molecule has 2 rings (SSSR count). The van der Waals surface area contributed by atoms with Crippen LogP contribution in [0.1, 0.15) is 0 Å². The van der Waals surface area contributed by atoms with Crippen molar-refractivity contribution in [2.24, 2.45) is 5.73 Å². The van der Waals surface area contributed by atoms with Crippen LogP contribution in [0.3, 0.4) is 0 Å². The number of pyridine rings is 1. The van der Waals surface area contributed by atoms with Crippen molar-refractivity contribution in [3.8, 4) is 0 Å². The van der Waals surface area contributed by atoms with E-state index in [2.05, 4.69) is 31.2 Å². The zero-order chi connectivity index (χ0) is 10.1. The SMILES string of the molecule is NC(=O)Nc1cc2c(Br)c[nH]c2cn1. The molecule has 0 saturated heterocycles. The number of rotatable bonds is 1. The number of carbonyl (C=O) groups excluding carboxylic acids is 1. The standard InChI is InChI=1S/C8H7BrN4O/c9-5-2-11-6-3-12-7(1-4(5)6)13-8(10)14/h1-3,11H,(H3,10,12,13,14). The Balaban J connectivity index is 2.49. The summed E-state index contributed by atoms with van der Waals surface area (Å²) in [5.74, 6) is 0.435. The number of primary amides is 1. The van der Waals surface area contributed by atoms with Crippen LogP contribution >= 0.6 is 15.9 Å². The molecule has 5 nitrogen and oxygen atoms in total. The van der Waals surface area contributed by atoms with Gasteiger partial charge in [0.05, 0.1) is 11.7 Å². The Labute approximate surface area is 87.8 Å². The van der Waals surface area contributed by atoms with Crippen molar-refractivity contribution in [1.29, 1.82) is 0 Å². The van der Waals surface area contributed by atoms with Crippen LogP contribution in [0.15, 0.2) is 22.9 Å². The summed E-state index contributed by atoms with van der Waals surface area (Å²) >= 11 is 3.36. The van der Waals surface area contributed by atoms with Gasteiger partial charge in [0.2, 0.25) is 0 Å². The van der Waals surface area contributed by atoms with E-state index in [4.69, 9.17) is 5.73 Å². The highest BCUT2D eigenvalue weighted by Crippen LogP contribution is 2.24. The smallest absolute Gasteiger partial charge is 0.317 e. The number of nitrogens with zero attached hydrogens (tertiary/aromatic N) is 1. The van der Waals surface area contributed by atoms with Gasteiger partial charge in [-0.3, -0.25) is 5.32 Å². The molecule has 0 atom stereocenters. The Bertz CT molecular complexity index is 493. The van der Waals surface area contributed by atoms with Crippen molar-refractivity contribution in [1.82, 2.24) is 9.97 Å². The Morgan fingerprint density at radius 2 is 2.43 bits per heavy atom. The van der Waals surface area contributed by atoms with Crippen LogP contribution in [-0.4, -0.2) is 16.0 Å². The second kappa shape index (κ2) is 3.30. The summed E-state index contributed by atoms with van der Waals surface area (Å²) in [5, 5.41) is 3.35. The average molecular weight is 255 g/mol. The van der Waals surface area contributed by atoms with Crippen molar-refractivity contribution in [2.75, 3.05) is 5.32 Å². The van der Waals surface area contributed by atoms with Crippen molar-refractivity contribution in [2.45, 2.75) is 0 Å². The van der Waals surface area contributed by atoms with E-state index < -0.39 is 6.03 Å². The molecule has 0 fully saturated rings. The van der Waals surface area contributed by atoms with E-state index in [0.717, 1.165) is 15.4 Å². The predicted molar refractivity (Wildman–Crippen MR) is 57.0 cm³/mol. The number of amides is 2. The first-order valence-corrected chi connectivity index (χ1v) is 4.65. The minimum absolute atomic E-state index is 0.435. The number of nitrogens with one attached hydrogen (secondary N) is 2. The maximum Gasteiger partial charge on any atom is 0.317 e. The lowest BCUT2D eigenvalue weighted by atomic mass is 10.3. The summed E-state index contributed by atoms with van der Waals surface area (Å²) in [4.78, 5) is 17.6. The number of nitrogens with two attached hydrogens (primary N) is 1. The highest BCUT2D eigenvalue weighted by atomic mass is 79.9. The fourth-order valence-electron chi connectivity index (χ4n) is 1.18. The molecule has 0 bridgehead atoms. The molecule has 0 aliphatic heterocycles. The Hall–Kier alpha value is -1.56. The third-order valence-corrected chi connectivity index (χ3v) is 2.42. The summed E-state index contributed by atoms with van der Waals surface area (Å²) in [6.45, 7) is 0. The van der Waals surface area contributed by atoms with E-state index in [1.54, 1.807) is 18.5 Å². The van der Waals surface area contributed by atoms with E-state index in [9.17, 15) is 4.79 Å². The molecule has 0 saturated carbocycles. The monoisotopic (exact) mass is 254 g/mol. The zero-order valence-corrected chi connectivity index (χ0v) is 8.63. The van der Waals surface area contributed by atoms with Gasteiger partial charge in [-0.15, -0.1) is 0 Å². The molecule has 6 heteroatoms. The molecule has 2 aromatic rings. The van der Waals surface area contributed by atoms with Gasteiger partial charge in [-0.25, -0.2) is 9.78 Å². The number of hydrogen-bond donors (Lipinski definition) is 3. The number of halogens is 1. The number of anilines is 1. The third kappa shape index (κ3) is 1.56. The van der Waals surface area contributed by atoms with Gasteiger partial charge in [0.15, 0.2) is 0 Å². The van der Waals surface area contributed by atoms with Crippen LogP contribution in [0.4, 0.5) is 10.6 Å². The van der Waals surface area contributed by atoms with E-state index in [-0.39, 0.29) is 0 Å². The lowest BCUT2D eigenvalue weighted by Crippen LogP contribution is -2.19. The van der Waals surface area contributed by atoms with Gasteiger partial charge in [-0.05, 0) is 22.0 Å². The van der Waals surface area contributed by atoms with E-state index in [0.29, 0.717) is 5.82 Å². The zero-order valence-electron chi connectivity index (χ0n) is 7.04. The van der Waals surface area contributed by atoms with Gasteiger partial charge in [0, 0.05) is 16.1 Å². The maximum absolute atomic E-state index is 10.6. The molecule has 14 heavy (non-hydrogen) atoms. The second-order valence-corrected chi connectivity index (χ2v) is 3.60. The molecule has 2 heterocycles. The summed E-state index contributed by atoms with van der Waals surface area (Å²) < 4.78 is 0.919. The normalized spacial score (nSPS) is 10.4. The van der Waals surface area contributed by atoms with Crippen LogP contribution < -0.4 is 11.1 Å². The Morgan fingerprint density at radius 1 is 1.64 bits per heavy atom. The summed E-state index contributed by atoms with van der Waals surface area (Å²) in [5.41, 5.74) is 5.87. The quantitative estimate of drug-likeness (QED) is 0.726. The summed E-state index contributed by atoms with van der Waals surface area (Å²) in [7, 11) is 0. The third-order valence-electron chi connectivity index (χ3n) is 1.77. The molecule has 4 N–H and O–H groups in total. The lowest BCUT2D eigenvalue weighted by Gasteiger charge is -1.99. The van der Waals surface area contributed by atoms with Crippen molar-refractivity contribution >= 4 is 38.7 Å². The van der Waals surface area contributed by atoms with Gasteiger partial charge >= 0.3 is 6.03 Å². The van der Waals surface area contributed by atoms with Crippen LogP contribution in [0.5, 0.6) is 0 Å². The van der Waals surface area contributed by atoms with E-state index in [1.807, 2.05) is 0 Å². The predicted octanol–water partition coefficient (Wildman–Crippen LogP) is 1.82. The maximum atomic E-state index is 10.6. The van der Waals surface area contributed by atoms with Gasteiger partial charge in [-0.1, -0.05) is 0 Å². The molecule has 2 aromatic heterocycles. The summed E-state index contributed by atoms with van der Waals surface area (Å²) in [6, 6.07) is 1.12. The highest BCUT2D eigenvalue weighted by molar-refractivity contribution is 9.10. The summed E-state index contributed by atoms with van der Waals surface area (Å²) in [6.07, 6.45) is 3.44.